The van der Waals surface area contributed by atoms with E-state index < -0.39 is 6.04 Å². The summed E-state index contributed by atoms with van der Waals surface area (Å²) in [6.45, 7) is 2.36. The van der Waals surface area contributed by atoms with Crippen molar-refractivity contribution >= 4 is 11.9 Å². The number of nitrogens with one attached hydrogen (secondary N) is 2. The maximum absolute atomic E-state index is 13.5. The van der Waals surface area contributed by atoms with E-state index in [1.54, 1.807) is 9.47 Å². The second-order valence-corrected chi connectivity index (χ2v) is 10.9. The summed E-state index contributed by atoms with van der Waals surface area (Å²) in [5, 5.41) is 2.96. The molecule has 1 aliphatic carbocycles. The highest BCUT2D eigenvalue weighted by molar-refractivity contribution is 5.87. The number of amides is 3. The number of carbonyl (C=O) groups excluding carboxylic acids is 2. The standard InChI is InChI=1S/C30H35N5O4/c36-28-26(20-39-27(23-9-5-2-6-10-23)19-34(28)17-21-11-12-21)32-29(37)33-15-13-24(14-16-33)35-18-25(31-30(35)38)22-7-3-1-4-8-22/h1-10,18,21,24,26-27H,11-17,19-20H2,(H,31,38)(H,32,37)/t26-,27-/m1/s1. The molecule has 3 heterocycles. The van der Waals surface area contributed by atoms with Gasteiger partial charge in [-0.2, -0.15) is 0 Å². The van der Waals surface area contributed by atoms with Gasteiger partial charge in [-0.3, -0.25) is 9.36 Å². The van der Waals surface area contributed by atoms with Crippen LogP contribution in [0.3, 0.4) is 0 Å². The largest absolute Gasteiger partial charge is 0.369 e. The first-order chi connectivity index (χ1) is 19.0. The number of H-pyrrole nitrogens is 1. The van der Waals surface area contributed by atoms with Crippen LogP contribution in [0, 0.1) is 5.92 Å². The number of benzene rings is 2. The van der Waals surface area contributed by atoms with Crippen LogP contribution in [0.15, 0.2) is 71.7 Å². The van der Waals surface area contributed by atoms with Gasteiger partial charge < -0.3 is 24.8 Å². The van der Waals surface area contributed by atoms with Crippen LogP contribution in [0.2, 0.25) is 0 Å². The second-order valence-electron chi connectivity index (χ2n) is 10.9. The van der Waals surface area contributed by atoms with Gasteiger partial charge in [0.15, 0.2) is 0 Å². The van der Waals surface area contributed by atoms with Crippen molar-refractivity contribution in [3.8, 4) is 11.3 Å². The summed E-state index contributed by atoms with van der Waals surface area (Å²) in [7, 11) is 0. The molecule has 2 aromatic carbocycles. The number of aromatic amines is 1. The normalized spacial score (nSPS) is 22.5. The molecule has 3 aromatic rings. The SMILES string of the molecule is O=C(N[C@@H]1CO[C@@H](c2ccccc2)CN(CC2CC2)C1=O)N1CCC(n2cc(-c3ccccc3)[nH]c2=O)CC1. The maximum atomic E-state index is 13.5. The molecule has 2 aliphatic heterocycles. The summed E-state index contributed by atoms with van der Waals surface area (Å²) < 4.78 is 7.93. The number of ether oxygens (including phenoxy) is 1. The number of likely N-dealkylation sites (tertiary alicyclic amines) is 1. The molecule has 3 fully saturated rings. The molecule has 2 atom stereocenters. The number of piperidine rings is 1. The molecule has 9 heteroatoms. The van der Waals surface area contributed by atoms with E-state index in [0.717, 1.165) is 29.7 Å². The van der Waals surface area contributed by atoms with Crippen molar-refractivity contribution in [3.05, 3.63) is 82.9 Å². The minimum Gasteiger partial charge on any atom is -0.369 e. The minimum absolute atomic E-state index is 0.0128. The second kappa shape index (κ2) is 11.1. The summed E-state index contributed by atoms with van der Waals surface area (Å²) in [6.07, 6.45) is 5.27. The van der Waals surface area contributed by atoms with Crippen molar-refractivity contribution in [2.75, 3.05) is 32.8 Å². The number of rotatable bonds is 6. The summed E-state index contributed by atoms with van der Waals surface area (Å²) in [6, 6.07) is 18.8. The lowest BCUT2D eigenvalue weighted by atomic mass is 10.1. The van der Waals surface area contributed by atoms with Gasteiger partial charge in [0, 0.05) is 31.9 Å². The number of nitrogens with zero attached hydrogens (tertiary/aromatic N) is 3. The number of aromatic nitrogens is 2. The van der Waals surface area contributed by atoms with Crippen molar-refractivity contribution in [1.82, 2.24) is 24.7 Å². The topological polar surface area (TPSA) is 99.7 Å². The van der Waals surface area contributed by atoms with Crippen molar-refractivity contribution in [2.45, 2.75) is 43.9 Å². The molecular weight excluding hydrogens is 494 g/mol. The Morgan fingerprint density at radius 2 is 1.64 bits per heavy atom. The molecule has 6 rings (SSSR count). The highest BCUT2D eigenvalue weighted by atomic mass is 16.5. The van der Waals surface area contributed by atoms with Gasteiger partial charge in [0.05, 0.1) is 18.8 Å². The fourth-order valence-electron chi connectivity index (χ4n) is 5.63. The number of imidazole rings is 1. The molecule has 9 nitrogen and oxygen atoms in total. The molecule has 39 heavy (non-hydrogen) atoms. The van der Waals surface area contributed by atoms with Gasteiger partial charge >= 0.3 is 11.7 Å². The molecule has 0 unspecified atom stereocenters. The van der Waals surface area contributed by atoms with E-state index in [0.29, 0.717) is 44.9 Å². The van der Waals surface area contributed by atoms with Crippen LogP contribution in [0.1, 0.15) is 43.4 Å². The van der Waals surface area contributed by atoms with Gasteiger partial charge in [0.1, 0.15) is 12.1 Å². The maximum Gasteiger partial charge on any atom is 0.326 e. The van der Waals surface area contributed by atoms with Gasteiger partial charge in [-0.25, -0.2) is 9.59 Å². The third-order valence-corrected chi connectivity index (χ3v) is 8.08. The summed E-state index contributed by atoms with van der Waals surface area (Å²) in [5.74, 6) is 0.467. The van der Waals surface area contributed by atoms with E-state index in [1.165, 1.54) is 0 Å². The molecule has 0 bridgehead atoms. The van der Waals surface area contributed by atoms with Gasteiger partial charge in [-0.05, 0) is 42.7 Å². The first-order valence-corrected chi connectivity index (χ1v) is 13.9. The summed E-state index contributed by atoms with van der Waals surface area (Å²) in [5.41, 5.74) is 2.65. The van der Waals surface area contributed by atoms with Crippen LogP contribution in [-0.4, -0.2) is 70.1 Å². The summed E-state index contributed by atoms with van der Waals surface area (Å²) in [4.78, 5) is 45.9. The number of hydrogen-bond acceptors (Lipinski definition) is 4. The van der Waals surface area contributed by atoms with Crippen molar-refractivity contribution in [2.24, 2.45) is 5.92 Å². The smallest absolute Gasteiger partial charge is 0.326 e. The Bertz CT molecular complexity index is 1340. The molecule has 3 aliphatic rings. The third-order valence-electron chi connectivity index (χ3n) is 8.08. The zero-order valence-corrected chi connectivity index (χ0v) is 22.0. The average molecular weight is 530 g/mol. The average Bonchev–Trinajstić information content (AvgIpc) is 3.74. The Kier molecular flexibility index (Phi) is 7.24. The molecule has 0 spiro atoms. The molecule has 1 saturated carbocycles. The fraction of sp³-hybridized carbons (Fsp3) is 0.433. The minimum atomic E-state index is -0.719. The number of carbonyl (C=O) groups is 2. The van der Waals surface area contributed by atoms with Gasteiger partial charge in [-0.15, -0.1) is 0 Å². The van der Waals surface area contributed by atoms with E-state index in [-0.39, 0.29) is 36.4 Å². The Balaban J connectivity index is 1.08. The Morgan fingerprint density at radius 3 is 2.33 bits per heavy atom. The predicted molar refractivity (Wildman–Crippen MR) is 147 cm³/mol. The molecule has 204 valence electrons. The van der Waals surface area contributed by atoms with Gasteiger partial charge in [0.25, 0.3) is 0 Å². The van der Waals surface area contributed by atoms with Crippen molar-refractivity contribution in [3.63, 3.8) is 0 Å². The summed E-state index contributed by atoms with van der Waals surface area (Å²) >= 11 is 0. The molecule has 2 N–H and O–H groups in total. The van der Waals surface area contributed by atoms with Crippen LogP contribution < -0.4 is 11.0 Å². The first-order valence-electron chi connectivity index (χ1n) is 13.9. The molecule has 1 aromatic heterocycles. The molecule has 3 amide bonds. The zero-order valence-electron chi connectivity index (χ0n) is 22.0. The van der Waals surface area contributed by atoms with Crippen LogP contribution >= 0.6 is 0 Å². The van der Waals surface area contributed by atoms with Crippen LogP contribution in [-0.2, 0) is 9.53 Å². The quantitative estimate of drug-likeness (QED) is 0.510. The van der Waals surface area contributed by atoms with E-state index in [9.17, 15) is 14.4 Å². The molecule has 2 saturated heterocycles. The fourth-order valence-corrected chi connectivity index (χ4v) is 5.63. The lowest BCUT2D eigenvalue weighted by molar-refractivity contribution is -0.132. The van der Waals surface area contributed by atoms with E-state index in [1.807, 2.05) is 71.8 Å². The van der Waals surface area contributed by atoms with Crippen LogP contribution in [0.5, 0.6) is 0 Å². The predicted octanol–water partition coefficient (Wildman–Crippen LogP) is 3.57. The van der Waals surface area contributed by atoms with Crippen molar-refractivity contribution in [1.29, 1.82) is 0 Å². The van der Waals surface area contributed by atoms with Crippen LogP contribution in [0.4, 0.5) is 4.79 Å². The monoisotopic (exact) mass is 529 g/mol. The third kappa shape index (κ3) is 5.78. The number of urea groups is 1. The first kappa shape index (κ1) is 25.4. The lowest BCUT2D eigenvalue weighted by Gasteiger charge is -2.33. The van der Waals surface area contributed by atoms with Crippen LogP contribution in [0.25, 0.3) is 11.3 Å². The van der Waals surface area contributed by atoms with E-state index in [4.69, 9.17) is 4.74 Å². The van der Waals surface area contributed by atoms with E-state index >= 15 is 0 Å². The Labute approximate surface area is 227 Å². The van der Waals surface area contributed by atoms with Gasteiger partial charge in [-0.1, -0.05) is 60.7 Å². The number of hydrogen-bond donors (Lipinski definition) is 2. The van der Waals surface area contributed by atoms with E-state index in [2.05, 4.69) is 10.3 Å². The van der Waals surface area contributed by atoms with Gasteiger partial charge in [0.2, 0.25) is 5.91 Å². The Hall–Kier alpha value is -3.85. The molecule has 0 radical (unpaired) electrons. The van der Waals surface area contributed by atoms with Crippen molar-refractivity contribution < 1.29 is 14.3 Å². The highest BCUT2D eigenvalue weighted by Crippen LogP contribution is 2.32. The Morgan fingerprint density at radius 1 is 0.949 bits per heavy atom. The lowest BCUT2D eigenvalue weighted by Crippen LogP contribution is -2.54. The zero-order chi connectivity index (χ0) is 26.8. The highest BCUT2D eigenvalue weighted by Gasteiger charge is 2.37. The molecular formula is C30H35N5O4.